The summed E-state index contributed by atoms with van der Waals surface area (Å²) in [5, 5.41) is 9.82. The molecule has 0 saturated carbocycles. The van der Waals surface area contributed by atoms with Crippen LogP contribution < -0.4 is 9.64 Å². The molecule has 16 heavy (non-hydrogen) atoms. The number of ether oxygens (including phenoxy) is 1. The summed E-state index contributed by atoms with van der Waals surface area (Å²) in [6.45, 7) is 3.71. The van der Waals surface area contributed by atoms with Crippen LogP contribution in [0.1, 0.15) is 19.4 Å². The van der Waals surface area contributed by atoms with Gasteiger partial charge in [0.1, 0.15) is 17.5 Å². The van der Waals surface area contributed by atoms with Crippen molar-refractivity contribution in [3.8, 4) is 5.75 Å². The van der Waals surface area contributed by atoms with Gasteiger partial charge in [-0.25, -0.2) is 0 Å². The molecule has 1 aromatic carbocycles. The van der Waals surface area contributed by atoms with Crippen LogP contribution >= 0.6 is 0 Å². The highest BCUT2D eigenvalue weighted by Gasteiger charge is 2.36. The van der Waals surface area contributed by atoms with Gasteiger partial charge in [-0.15, -0.1) is 0 Å². The first-order valence-electron chi connectivity index (χ1n) is 5.35. The smallest absolute Gasteiger partial charge is 0.130 e. The number of aliphatic hydroxyl groups excluding tert-OH is 1. The molecule has 86 valence electrons. The highest BCUT2D eigenvalue weighted by molar-refractivity contribution is 5.56. The number of hydrogen-bond acceptors (Lipinski definition) is 3. The second-order valence-electron chi connectivity index (χ2n) is 4.83. The average molecular weight is 219 g/mol. The van der Waals surface area contributed by atoms with E-state index in [9.17, 15) is 5.11 Å². The zero-order valence-corrected chi connectivity index (χ0v) is 10.1. The van der Waals surface area contributed by atoms with Gasteiger partial charge in [-0.3, -0.25) is 0 Å². The normalized spacial score (nSPS) is 22.2. The first-order chi connectivity index (χ1) is 7.40. The van der Waals surface area contributed by atoms with Crippen molar-refractivity contribution < 1.29 is 9.84 Å². The van der Waals surface area contributed by atoms with E-state index in [2.05, 4.69) is 6.42 Å². The third-order valence-corrected chi connectivity index (χ3v) is 2.81. The number of benzene rings is 1. The molecule has 0 aromatic heterocycles. The van der Waals surface area contributed by atoms with Crippen molar-refractivity contribution in [2.45, 2.75) is 25.6 Å². The van der Waals surface area contributed by atoms with Gasteiger partial charge in [-0.1, -0.05) is 6.07 Å². The van der Waals surface area contributed by atoms with E-state index in [0.29, 0.717) is 0 Å². The van der Waals surface area contributed by atoms with Gasteiger partial charge in [0.2, 0.25) is 0 Å². The molecule has 1 atom stereocenters. The van der Waals surface area contributed by atoms with Gasteiger partial charge in [0.25, 0.3) is 0 Å². The second kappa shape index (κ2) is 3.67. The lowest BCUT2D eigenvalue weighted by Crippen LogP contribution is -2.45. The second-order valence-corrected chi connectivity index (χ2v) is 4.83. The quantitative estimate of drug-likeness (QED) is 0.780. The molecular formula is C13H17NO2. The fourth-order valence-electron chi connectivity index (χ4n) is 1.65. The number of rotatable bonds is 1. The summed E-state index contributed by atoms with van der Waals surface area (Å²) in [4.78, 5) is 2.02. The number of anilines is 1. The minimum absolute atomic E-state index is 0.613. The molecule has 3 nitrogen and oxygen atoms in total. The van der Waals surface area contributed by atoms with Gasteiger partial charge in [-0.05, 0) is 19.9 Å². The average Bonchev–Trinajstić information content (AvgIpc) is 2.18. The lowest BCUT2D eigenvalue weighted by atomic mass is 9.91. The predicted molar refractivity (Wildman–Crippen MR) is 63.8 cm³/mol. The molecule has 2 radical (unpaired) electrons. The number of nitrogens with zero attached hydrogens (tertiary/aromatic N) is 1. The Morgan fingerprint density at radius 2 is 2.06 bits per heavy atom. The summed E-state index contributed by atoms with van der Waals surface area (Å²) in [5.41, 5.74) is 1.29. The minimum atomic E-state index is -0.690. The molecule has 0 amide bonds. The van der Waals surface area contributed by atoms with Crippen molar-refractivity contribution in [1.29, 1.82) is 0 Å². The first-order valence-corrected chi connectivity index (χ1v) is 5.35. The minimum Gasteiger partial charge on any atom is -0.485 e. The zero-order chi connectivity index (χ0) is 11.9. The van der Waals surface area contributed by atoms with Crippen molar-refractivity contribution in [2.75, 3.05) is 19.0 Å². The van der Waals surface area contributed by atoms with Crippen LogP contribution in [0.25, 0.3) is 0 Å². The highest BCUT2D eigenvalue weighted by atomic mass is 16.5. The summed E-state index contributed by atoms with van der Waals surface area (Å²) in [7, 11) is 3.97. The fraction of sp³-hybridized carbons (Fsp3) is 0.462. The molecule has 0 aliphatic carbocycles. The summed E-state index contributed by atoms with van der Waals surface area (Å²) < 4.78 is 5.78. The molecule has 1 aromatic rings. The van der Waals surface area contributed by atoms with E-state index >= 15 is 0 Å². The Morgan fingerprint density at radius 3 is 2.69 bits per heavy atom. The van der Waals surface area contributed by atoms with Gasteiger partial charge >= 0.3 is 0 Å². The molecule has 0 bridgehead atoms. The van der Waals surface area contributed by atoms with E-state index in [4.69, 9.17) is 4.74 Å². The lowest BCUT2D eigenvalue weighted by Gasteiger charge is -2.36. The summed E-state index contributed by atoms with van der Waals surface area (Å²) in [5.74, 6) is 0.779. The molecule has 0 unspecified atom stereocenters. The van der Waals surface area contributed by atoms with E-state index in [1.54, 1.807) is 0 Å². The Morgan fingerprint density at radius 1 is 1.38 bits per heavy atom. The van der Waals surface area contributed by atoms with Crippen molar-refractivity contribution in [3.05, 3.63) is 30.2 Å². The molecule has 0 spiro atoms. The topological polar surface area (TPSA) is 32.7 Å². The van der Waals surface area contributed by atoms with Crippen LogP contribution in [-0.2, 0) is 0 Å². The van der Waals surface area contributed by atoms with Crippen LogP contribution in [0, 0.1) is 6.42 Å². The van der Waals surface area contributed by atoms with Crippen LogP contribution in [0.3, 0.4) is 0 Å². The van der Waals surface area contributed by atoms with Crippen molar-refractivity contribution in [1.82, 2.24) is 0 Å². The highest BCUT2D eigenvalue weighted by Crippen LogP contribution is 2.36. The Kier molecular flexibility index (Phi) is 2.58. The van der Waals surface area contributed by atoms with Gasteiger partial charge < -0.3 is 14.7 Å². The van der Waals surface area contributed by atoms with Crippen molar-refractivity contribution in [3.63, 3.8) is 0 Å². The molecule has 0 fully saturated rings. The largest absolute Gasteiger partial charge is 0.485 e. The molecule has 1 aliphatic rings. The monoisotopic (exact) mass is 219 g/mol. The molecule has 1 N–H and O–H groups in total. The van der Waals surface area contributed by atoms with Crippen LogP contribution in [0.2, 0.25) is 0 Å². The Labute approximate surface area is 96.6 Å². The van der Waals surface area contributed by atoms with E-state index < -0.39 is 11.7 Å². The van der Waals surface area contributed by atoms with Gasteiger partial charge in [0.05, 0.1) is 6.42 Å². The molecule has 1 aliphatic heterocycles. The maximum atomic E-state index is 9.82. The SMILES string of the molecule is CN(C)c1ccc2c(c1)OC(C)(C)[C@H](O)[C]2. The lowest BCUT2D eigenvalue weighted by molar-refractivity contribution is -0.0188. The number of fused-ring (bicyclic) bond motifs is 1. The summed E-state index contributed by atoms with van der Waals surface area (Å²) in [6, 6.07) is 5.87. The van der Waals surface area contributed by atoms with Crippen LogP contribution in [0.4, 0.5) is 5.69 Å². The van der Waals surface area contributed by atoms with E-state index in [-0.39, 0.29) is 0 Å². The van der Waals surface area contributed by atoms with Crippen LogP contribution in [-0.4, -0.2) is 30.9 Å². The zero-order valence-electron chi connectivity index (χ0n) is 10.1. The third kappa shape index (κ3) is 1.87. The molecule has 0 saturated heterocycles. The molecular weight excluding hydrogens is 202 g/mol. The van der Waals surface area contributed by atoms with Crippen molar-refractivity contribution in [2.24, 2.45) is 0 Å². The Balaban J connectivity index is 2.38. The van der Waals surface area contributed by atoms with Gasteiger partial charge in [0, 0.05) is 31.4 Å². The maximum Gasteiger partial charge on any atom is 0.130 e. The van der Waals surface area contributed by atoms with Crippen LogP contribution in [0.5, 0.6) is 5.75 Å². The van der Waals surface area contributed by atoms with E-state index in [1.807, 2.05) is 51.0 Å². The Bertz CT molecular complexity index is 399. The molecule has 2 rings (SSSR count). The number of aliphatic hydroxyl groups is 1. The molecule has 3 heteroatoms. The maximum absolute atomic E-state index is 9.82. The van der Waals surface area contributed by atoms with Crippen molar-refractivity contribution >= 4 is 5.69 Å². The van der Waals surface area contributed by atoms with Gasteiger partial charge in [0.15, 0.2) is 0 Å². The van der Waals surface area contributed by atoms with E-state index in [0.717, 1.165) is 17.0 Å². The molecule has 1 heterocycles. The first kappa shape index (κ1) is 11.3. The van der Waals surface area contributed by atoms with Gasteiger partial charge in [-0.2, -0.15) is 0 Å². The number of hydrogen-bond donors (Lipinski definition) is 1. The summed E-state index contributed by atoms with van der Waals surface area (Å²) in [6.07, 6.45) is 2.34. The third-order valence-electron chi connectivity index (χ3n) is 2.81. The predicted octanol–water partition coefficient (Wildman–Crippen LogP) is 1.71. The van der Waals surface area contributed by atoms with E-state index in [1.165, 1.54) is 0 Å². The Hall–Kier alpha value is -1.22. The standard InChI is InChI=1S/C13H17NO2/c1-13(2)12(15)7-9-5-6-10(14(3)4)8-11(9)16-13/h5-6,8,12,15H,1-4H3/t12-/m1/s1. The fourth-order valence-corrected chi connectivity index (χ4v) is 1.65. The summed E-state index contributed by atoms with van der Waals surface area (Å²) >= 11 is 0. The van der Waals surface area contributed by atoms with Crippen LogP contribution in [0.15, 0.2) is 18.2 Å².